The van der Waals surface area contributed by atoms with Crippen molar-refractivity contribution >= 4 is 11.6 Å². The van der Waals surface area contributed by atoms with Gasteiger partial charge in [-0.15, -0.1) is 0 Å². The Balaban J connectivity index is 1.85. The van der Waals surface area contributed by atoms with Crippen molar-refractivity contribution in [1.29, 1.82) is 0 Å². The minimum absolute atomic E-state index is 0.0652. The minimum atomic E-state index is -0.182. The molecule has 0 amide bonds. The molecule has 1 aliphatic rings. The Bertz CT molecular complexity index is 632. The van der Waals surface area contributed by atoms with Gasteiger partial charge in [-0.2, -0.15) is 4.98 Å². The predicted octanol–water partition coefficient (Wildman–Crippen LogP) is 2.58. The minimum Gasteiger partial charge on any atom is -0.496 e. The number of halogens is 1. The topological polar surface area (TPSA) is 83.4 Å². The van der Waals surface area contributed by atoms with Crippen molar-refractivity contribution in [3.63, 3.8) is 0 Å². The third-order valence-corrected chi connectivity index (χ3v) is 3.73. The highest BCUT2D eigenvalue weighted by molar-refractivity contribution is 6.30. The zero-order valence-corrected chi connectivity index (χ0v) is 12.3. The third-order valence-electron chi connectivity index (χ3n) is 3.49. The monoisotopic (exact) mass is 309 g/mol. The number of aromatic nitrogens is 2. The Hall–Kier alpha value is -1.63. The van der Waals surface area contributed by atoms with Crippen LogP contribution in [0, 0.1) is 0 Å². The molecule has 2 N–H and O–H groups in total. The number of methoxy groups -OCH3 is 1. The molecule has 1 saturated heterocycles. The van der Waals surface area contributed by atoms with Crippen LogP contribution in [-0.2, 0) is 4.74 Å². The number of nitrogens with zero attached hydrogens (tertiary/aromatic N) is 2. The van der Waals surface area contributed by atoms with Crippen LogP contribution >= 0.6 is 11.6 Å². The van der Waals surface area contributed by atoms with E-state index in [4.69, 9.17) is 31.3 Å². The fraction of sp³-hybridized carbons (Fsp3) is 0.429. The molecule has 1 aromatic heterocycles. The molecule has 1 fully saturated rings. The maximum absolute atomic E-state index is 5.95. The van der Waals surface area contributed by atoms with Gasteiger partial charge in [-0.05, 0) is 31.0 Å². The van der Waals surface area contributed by atoms with Gasteiger partial charge in [0.15, 0.2) is 0 Å². The van der Waals surface area contributed by atoms with Crippen LogP contribution in [0.2, 0.25) is 5.02 Å². The molecule has 1 aromatic carbocycles. The van der Waals surface area contributed by atoms with E-state index < -0.39 is 0 Å². The Morgan fingerprint density at radius 1 is 1.43 bits per heavy atom. The number of rotatable bonds is 4. The molecule has 7 heteroatoms. The Morgan fingerprint density at radius 2 is 2.29 bits per heavy atom. The zero-order chi connectivity index (χ0) is 14.8. The summed E-state index contributed by atoms with van der Waals surface area (Å²) >= 11 is 5.95. The van der Waals surface area contributed by atoms with Crippen LogP contribution in [0.25, 0.3) is 11.4 Å². The normalized spacial score (nSPS) is 21.7. The smallest absolute Gasteiger partial charge is 0.256 e. The van der Waals surface area contributed by atoms with Crippen LogP contribution in [0.5, 0.6) is 5.75 Å². The summed E-state index contributed by atoms with van der Waals surface area (Å²) in [6, 6.07) is 5.27. The summed E-state index contributed by atoms with van der Waals surface area (Å²) in [5, 5.41) is 4.59. The third kappa shape index (κ3) is 2.88. The van der Waals surface area contributed by atoms with Gasteiger partial charge in [0.05, 0.1) is 18.8 Å². The van der Waals surface area contributed by atoms with Crippen LogP contribution in [0.3, 0.4) is 0 Å². The fourth-order valence-electron chi connectivity index (χ4n) is 2.39. The molecular formula is C14H16ClN3O3. The van der Waals surface area contributed by atoms with Gasteiger partial charge in [0.2, 0.25) is 5.82 Å². The number of nitrogens with two attached hydrogens (primary N) is 1. The van der Waals surface area contributed by atoms with Gasteiger partial charge < -0.3 is 19.7 Å². The lowest BCUT2D eigenvalue weighted by molar-refractivity contribution is 0.0307. The summed E-state index contributed by atoms with van der Waals surface area (Å²) < 4.78 is 16.4. The maximum Gasteiger partial charge on any atom is 0.256 e. The van der Waals surface area contributed by atoms with Crippen molar-refractivity contribution in [2.24, 2.45) is 5.73 Å². The maximum atomic E-state index is 5.95. The molecule has 0 radical (unpaired) electrons. The van der Waals surface area contributed by atoms with Crippen molar-refractivity contribution in [3.05, 3.63) is 29.1 Å². The standard InChI is InChI=1S/C14H16ClN3O3/c1-19-12-6-8(15)2-4-10(12)13-17-14(21-18-13)11-5-3-9(7-16)20-11/h2,4,6,9,11H,3,5,7,16H2,1H3. The highest BCUT2D eigenvalue weighted by Crippen LogP contribution is 2.34. The van der Waals surface area contributed by atoms with Gasteiger partial charge in [0.25, 0.3) is 5.89 Å². The van der Waals surface area contributed by atoms with Crippen LogP contribution in [0.4, 0.5) is 0 Å². The first-order valence-corrected chi connectivity index (χ1v) is 7.12. The quantitative estimate of drug-likeness (QED) is 0.934. The van der Waals surface area contributed by atoms with Crippen LogP contribution < -0.4 is 10.5 Å². The molecule has 2 unspecified atom stereocenters. The lowest BCUT2D eigenvalue weighted by Crippen LogP contribution is -2.18. The molecule has 1 aliphatic heterocycles. The lowest BCUT2D eigenvalue weighted by atomic mass is 10.2. The average Bonchev–Trinajstić information content (AvgIpc) is 3.15. The summed E-state index contributed by atoms with van der Waals surface area (Å²) in [6.45, 7) is 0.502. The second-order valence-electron chi connectivity index (χ2n) is 4.86. The Morgan fingerprint density at radius 3 is 3.00 bits per heavy atom. The summed E-state index contributed by atoms with van der Waals surface area (Å²) in [7, 11) is 1.57. The van der Waals surface area contributed by atoms with Gasteiger partial charge in [0, 0.05) is 11.6 Å². The van der Waals surface area contributed by atoms with Crippen LogP contribution in [0.1, 0.15) is 24.8 Å². The molecule has 2 aromatic rings. The zero-order valence-electron chi connectivity index (χ0n) is 11.6. The van der Waals surface area contributed by atoms with E-state index in [0.29, 0.717) is 29.0 Å². The average molecular weight is 310 g/mol. The first-order valence-electron chi connectivity index (χ1n) is 6.74. The van der Waals surface area contributed by atoms with Gasteiger partial charge in [0.1, 0.15) is 11.9 Å². The molecule has 0 spiro atoms. The van der Waals surface area contributed by atoms with E-state index in [1.165, 1.54) is 0 Å². The van der Waals surface area contributed by atoms with Crippen LogP contribution in [-0.4, -0.2) is 29.9 Å². The lowest BCUT2D eigenvalue weighted by Gasteiger charge is -2.07. The number of benzene rings is 1. The summed E-state index contributed by atoms with van der Waals surface area (Å²) in [5.41, 5.74) is 6.33. The van der Waals surface area contributed by atoms with Gasteiger partial charge in [-0.25, -0.2) is 0 Å². The van der Waals surface area contributed by atoms with Gasteiger partial charge in [-0.1, -0.05) is 16.8 Å². The first kappa shape index (κ1) is 14.3. The second kappa shape index (κ2) is 6.01. The molecule has 6 nitrogen and oxygen atoms in total. The van der Waals surface area contributed by atoms with Crippen molar-refractivity contribution in [1.82, 2.24) is 10.1 Å². The van der Waals surface area contributed by atoms with E-state index in [2.05, 4.69) is 10.1 Å². The van der Waals surface area contributed by atoms with Gasteiger partial charge >= 0.3 is 0 Å². The van der Waals surface area contributed by atoms with E-state index >= 15 is 0 Å². The largest absolute Gasteiger partial charge is 0.496 e. The predicted molar refractivity (Wildman–Crippen MR) is 77.2 cm³/mol. The fourth-order valence-corrected chi connectivity index (χ4v) is 2.55. The van der Waals surface area contributed by atoms with Crippen LogP contribution in [0.15, 0.2) is 22.7 Å². The molecule has 112 valence electrons. The first-order chi connectivity index (χ1) is 10.2. The summed E-state index contributed by atoms with van der Waals surface area (Å²) in [5.74, 6) is 1.53. The molecule has 0 aliphatic carbocycles. The molecule has 3 rings (SSSR count). The molecule has 21 heavy (non-hydrogen) atoms. The Kier molecular flexibility index (Phi) is 4.10. The van der Waals surface area contributed by atoms with E-state index in [1.54, 1.807) is 25.3 Å². The van der Waals surface area contributed by atoms with E-state index in [-0.39, 0.29) is 12.2 Å². The van der Waals surface area contributed by atoms with Crippen molar-refractivity contribution < 1.29 is 14.0 Å². The Labute approximate surface area is 127 Å². The number of ether oxygens (including phenoxy) is 2. The van der Waals surface area contributed by atoms with Crippen molar-refractivity contribution in [3.8, 4) is 17.1 Å². The van der Waals surface area contributed by atoms with E-state index in [0.717, 1.165) is 18.4 Å². The highest BCUT2D eigenvalue weighted by Gasteiger charge is 2.30. The number of hydrogen-bond acceptors (Lipinski definition) is 6. The SMILES string of the molecule is COc1cc(Cl)ccc1-c1noc(C2CCC(CN)O2)n1. The summed E-state index contributed by atoms with van der Waals surface area (Å²) in [4.78, 5) is 4.40. The van der Waals surface area contributed by atoms with Gasteiger partial charge in [-0.3, -0.25) is 0 Å². The molecule has 0 bridgehead atoms. The molecule has 0 saturated carbocycles. The molecule has 2 atom stereocenters. The van der Waals surface area contributed by atoms with Crippen molar-refractivity contribution in [2.45, 2.75) is 25.0 Å². The second-order valence-corrected chi connectivity index (χ2v) is 5.30. The summed E-state index contributed by atoms with van der Waals surface area (Å²) in [6.07, 6.45) is 1.62. The van der Waals surface area contributed by atoms with E-state index in [9.17, 15) is 0 Å². The molecule has 2 heterocycles. The van der Waals surface area contributed by atoms with Crippen molar-refractivity contribution in [2.75, 3.05) is 13.7 Å². The molecular weight excluding hydrogens is 294 g/mol. The highest BCUT2D eigenvalue weighted by atomic mass is 35.5. The number of hydrogen-bond donors (Lipinski definition) is 1. The van der Waals surface area contributed by atoms with E-state index in [1.807, 2.05) is 0 Å².